The van der Waals surface area contributed by atoms with Gasteiger partial charge in [0, 0.05) is 19.6 Å². The molecule has 0 bridgehead atoms. The van der Waals surface area contributed by atoms with Crippen molar-refractivity contribution in [1.29, 1.82) is 0 Å². The third-order valence-corrected chi connectivity index (χ3v) is 6.81. The number of hydrogen-bond acceptors (Lipinski definition) is 5. The number of hydrogen-bond donors (Lipinski definition) is 2. The van der Waals surface area contributed by atoms with Gasteiger partial charge in [0.15, 0.2) is 0 Å². The highest BCUT2D eigenvalue weighted by Crippen LogP contribution is 2.43. The van der Waals surface area contributed by atoms with Gasteiger partial charge in [0.05, 0.1) is 33.9 Å². The number of likely N-dealkylation sites (N-methyl/N-ethyl adjacent to an activating group) is 1. The molecule has 8 nitrogen and oxygen atoms in total. The number of phosphoric acid groups is 1. The Bertz CT molecular complexity index is 556. The first-order valence-corrected chi connectivity index (χ1v) is 15.4. The van der Waals surface area contributed by atoms with Gasteiger partial charge in [0.2, 0.25) is 5.91 Å². The maximum atomic E-state index is 12.3. The molecule has 210 valence electrons. The number of rotatable bonds is 25. The summed E-state index contributed by atoms with van der Waals surface area (Å²) in [6.45, 7) is 5.79. The number of ether oxygens (including phenoxy) is 1. The first-order chi connectivity index (χ1) is 16.6. The molecule has 0 aromatic heterocycles. The molecule has 2 atom stereocenters. The first kappa shape index (κ1) is 34.5. The lowest BCUT2D eigenvalue weighted by Crippen LogP contribution is -2.37. The van der Waals surface area contributed by atoms with Crippen molar-refractivity contribution in [3.05, 3.63) is 0 Å². The van der Waals surface area contributed by atoms with Crippen LogP contribution >= 0.6 is 7.82 Å². The molecule has 0 aliphatic carbocycles. The molecule has 0 saturated carbocycles. The SMILES string of the molecule is CCCCCCCCCC(=O)NCC(COP(=O)(O)OCC[N+](C)(C)C)OCCCCCCCC. The lowest BCUT2D eigenvalue weighted by atomic mass is 10.1. The van der Waals surface area contributed by atoms with Gasteiger partial charge in [-0.2, -0.15) is 0 Å². The van der Waals surface area contributed by atoms with Crippen molar-refractivity contribution in [2.45, 2.75) is 110 Å². The fraction of sp³-hybridized carbons (Fsp3) is 0.962. The summed E-state index contributed by atoms with van der Waals surface area (Å²) in [6, 6.07) is 0. The van der Waals surface area contributed by atoms with Crippen LogP contribution in [0.2, 0.25) is 0 Å². The molecule has 0 aromatic carbocycles. The van der Waals surface area contributed by atoms with Crippen LogP contribution in [0, 0.1) is 0 Å². The van der Waals surface area contributed by atoms with Gasteiger partial charge in [0.25, 0.3) is 0 Å². The molecule has 0 aromatic rings. The molecule has 0 aliphatic heterocycles. The maximum Gasteiger partial charge on any atom is 0.472 e. The zero-order valence-corrected chi connectivity index (χ0v) is 24.3. The van der Waals surface area contributed by atoms with Crippen molar-refractivity contribution >= 4 is 13.7 Å². The van der Waals surface area contributed by atoms with Crippen molar-refractivity contribution in [1.82, 2.24) is 5.32 Å². The zero-order chi connectivity index (χ0) is 26.4. The number of nitrogens with zero attached hydrogens (tertiary/aromatic N) is 1. The Balaban J connectivity index is 4.39. The molecule has 9 heteroatoms. The van der Waals surface area contributed by atoms with E-state index in [0.717, 1.165) is 25.7 Å². The Morgan fingerprint density at radius 3 is 1.94 bits per heavy atom. The lowest BCUT2D eigenvalue weighted by Gasteiger charge is -2.24. The molecule has 2 unspecified atom stereocenters. The van der Waals surface area contributed by atoms with Gasteiger partial charge in [-0.05, 0) is 12.8 Å². The summed E-state index contributed by atoms with van der Waals surface area (Å²) in [5.41, 5.74) is 0. The quantitative estimate of drug-likeness (QED) is 0.0888. The van der Waals surface area contributed by atoms with E-state index in [2.05, 4.69) is 19.2 Å². The highest BCUT2D eigenvalue weighted by molar-refractivity contribution is 7.47. The topological polar surface area (TPSA) is 94.1 Å². The molecule has 0 spiro atoms. The Hall–Kier alpha value is -0.500. The van der Waals surface area contributed by atoms with E-state index in [9.17, 15) is 14.3 Å². The molecular formula is C26H56N2O6P+. The van der Waals surface area contributed by atoms with E-state index in [1.54, 1.807) is 0 Å². The number of nitrogens with one attached hydrogen (secondary N) is 1. The highest BCUT2D eigenvalue weighted by atomic mass is 31.2. The van der Waals surface area contributed by atoms with Crippen LogP contribution in [0.5, 0.6) is 0 Å². The number of quaternary nitrogens is 1. The van der Waals surface area contributed by atoms with Crippen LogP contribution in [0.1, 0.15) is 104 Å². The van der Waals surface area contributed by atoms with E-state index < -0.39 is 13.9 Å². The minimum absolute atomic E-state index is 0.0156. The number of unbranched alkanes of at least 4 members (excludes halogenated alkanes) is 11. The molecule has 0 saturated heterocycles. The summed E-state index contributed by atoms with van der Waals surface area (Å²) in [6.07, 6.45) is 15.0. The third-order valence-electron chi connectivity index (χ3n) is 5.83. The standard InChI is InChI=1S/C26H55N2O6P/c1-6-8-10-12-14-15-17-19-26(29)27-23-25(32-21-18-16-13-11-9-7-2)24-34-35(30,31)33-22-20-28(3,4)5/h25H,6-24H2,1-5H3,(H-,27,29,30,31)/p+1. The zero-order valence-electron chi connectivity index (χ0n) is 23.4. The number of carbonyl (C=O) groups excluding carboxylic acids is 1. The van der Waals surface area contributed by atoms with Crippen LogP contribution in [0.3, 0.4) is 0 Å². The first-order valence-electron chi connectivity index (χ1n) is 13.9. The van der Waals surface area contributed by atoms with Crippen LogP contribution in [0.4, 0.5) is 0 Å². The summed E-state index contributed by atoms with van der Waals surface area (Å²) in [7, 11) is 1.77. The largest absolute Gasteiger partial charge is 0.472 e. The monoisotopic (exact) mass is 523 g/mol. The number of amides is 1. The number of phosphoric ester groups is 1. The normalized spacial score (nSPS) is 14.6. The summed E-state index contributed by atoms with van der Waals surface area (Å²) in [4.78, 5) is 22.3. The molecule has 0 heterocycles. The number of carbonyl (C=O) groups is 1. The predicted molar refractivity (Wildman–Crippen MR) is 143 cm³/mol. The van der Waals surface area contributed by atoms with Gasteiger partial charge >= 0.3 is 7.82 Å². The Morgan fingerprint density at radius 1 is 0.829 bits per heavy atom. The Morgan fingerprint density at radius 2 is 1.37 bits per heavy atom. The molecule has 0 radical (unpaired) electrons. The highest BCUT2D eigenvalue weighted by Gasteiger charge is 2.25. The van der Waals surface area contributed by atoms with Crippen LogP contribution in [0.15, 0.2) is 0 Å². The van der Waals surface area contributed by atoms with Crippen LogP contribution in [0.25, 0.3) is 0 Å². The summed E-state index contributed by atoms with van der Waals surface area (Å²) in [5.74, 6) is -0.0156. The minimum atomic E-state index is -4.17. The molecule has 0 fully saturated rings. The van der Waals surface area contributed by atoms with E-state index in [0.29, 0.717) is 24.1 Å². The Labute approximate surface area is 215 Å². The summed E-state index contributed by atoms with van der Waals surface area (Å²) < 4.78 is 29.1. The molecule has 1 amide bonds. The molecule has 0 aliphatic rings. The van der Waals surface area contributed by atoms with Gasteiger partial charge in [-0.15, -0.1) is 0 Å². The van der Waals surface area contributed by atoms with Gasteiger partial charge in [-0.3, -0.25) is 13.8 Å². The molecule has 2 N–H and O–H groups in total. The smallest absolute Gasteiger partial charge is 0.374 e. The van der Waals surface area contributed by atoms with Gasteiger partial charge < -0.3 is 19.4 Å². The second-order valence-corrected chi connectivity index (χ2v) is 12.0. The van der Waals surface area contributed by atoms with E-state index >= 15 is 0 Å². The van der Waals surface area contributed by atoms with Crippen molar-refractivity contribution < 1.29 is 32.5 Å². The van der Waals surface area contributed by atoms with E-state index in [1.165, 1.54) is 57.8 Å². The average Bonchev–Trinajstić information content (AvgIpc) is 2.78. The van der Waals surface area contributed by atoms with E-state index in [4.69, 9.17) is 13.8 Å². The molecule has 35 heavy (non-hydrogen) atoms. The predicted octanol–water partition coefficient (Wildman–Crippen LogP) is 5.83. The van der Waals surface area contributed by atoms with Gasteiger partial charge in [0.1, 0.15) is 13.2 Å². The third kappa shape index (κ3) is 25.0. The maximum absolute atomic E-state index is 12.3. The minimum Gasteiger partial charge on any atom is -0.374 e. The second kappa shape index (κ2) is 21.6. The van der Waals surface area contributed by atoms with Crippen LogP contribution in [-0.4, -0.2) is 75.4 Å². The Kier molecular flexibility index (Phi) is 21.3. The molecular weight excluding hydrogens is 467 g/mol. The van der Waals surface area contributed by atoms with E-state index in [-0.39, 0.29) is 25.7 Å². The van der Waals surface area contributed by atoms with Gasteiger partial charge in [-0.1, -0.05) is 84.5 Å². The van der Waals surface area contributed by atoms with Gasteiger partial charge in [-0.25, -0.2) is 4.57 Å². The summed E-state index contributed by atoms with van der Waals surface area (Å²) in [5, 5.41) is 2.90. The fourth-order valence-corrected chi connectivity index (χ4v) is 4.24. The van der Waals surface area contributed by atoms with E-state index in [1.807, 2.05) is 21.1 Å². The molecule has 0 rings (SSSR count). The lowest BCUT2D eigenvalue weighted by molar-refractivity contribution is -0.870. The second-order valence-electron chi connectivity index (χ2n) is 10.5. The van der Waals surface area contributed by atoms with Crippen LogP contribution in [-0.2, 0) is 23.1 Å². The average molecular weight is 524 g/mol. The van der Waals surface area contributed by atoms with Crippen molar-refractivity contribution in [2.75, 3.05) is 54.1 Å². The van der Waals surface area contributed by atoms with Crippen molar-refractivity contribution in [2.24, 2.45) is 0 Å². The van der Waals surface area contributed by atoms with Crippen molar-refractivity contribution in [3.63, 3.8) is 0 Å². The van der Waals surface area contributed by atoms with Crippen molar-refractivity contribution in [3.8, 4) is 0 Å². The fourth-order valence-electron chi connectivity index (χ4n) is 3.50. The van der Waals surface area contributed by atoms with Crippen LogP contribution < -0.4 is 5.32 Å². The summed E-state index contributed by atoms with van der Waals surface area (Å²) >= 11 is 0.